The number of amides is 1. The second kappa shape index (κ2) is 10.6. The van der Waals surface area contributed by atoms with Gasteiger partial charge in [0.05, 0.1) is 7.11 Å². The van der Waals surface area contributed by atoms with Crippen LogP contribution in [0.25, 0.3) is 10.9 Å². The molecule has 34 heavy (non-hydrogen) atoms. The second-order valence-corrected chi connectivity index (χ2v) is 9.08. The Hall–Kier alpha value is -3.60. The molecule has 0 aliphatic rings. The molecule has 4 nitrogen and oxygen atoms in total. The van der Waals surface area contributed by atoms with Crippen LogP contribution in [-0.2, 0) is 11.3 Å². The van der Waals surface area contributed by atoms with Crippen molar-refractivity contribution in [3.63, 3.8) is 0 Å². The van der Waals surface area contributed by atoms with E-state index in [2.05, 4.69) is 42.1 Å². The number of carbonyl (C=O) groups excluding carboxylic acids is 1. The maximum atomic E-state index is 13.4. The number of fused-ring (bicyclic) bond motifs is 1. The zero-order valence-corrected chi connectivity index (χ0v) is 19.9. The topological polar surface area (TPSA) is 43.3 Å². The highest BCUT2D eigenvalue weighted by Gasteiger charge is 2.23. The molecule has 1 atom stereocenters. The predicted molar refractivity (Wildman–Crippen MR) is 135 cm³/mol. The molecule has 4 aromatic rings. The fraction of sp³-hybridized carbons (Fsp3) is 0.276. The Bertz CT molecular complexity index is 1240. The Morgan fingerprint density at radius 3 is 2.38 bits per heavy atom. The average molecular weight is 459 g/mol. The van der Waals surface area contributed by atoms with E-state index in [1.54, 1.807) is 7.11 Å². The van der Waals surface area contributed by atoms with Crippen molar-refractivity contribution in [3.05, 3.63) is 102 Å². The number of para-hydroxylation sites is 1. The van der Waals surface area contributed by atoms with Gasteiger partial charge in [-0.1, -0.05) is 56.3 Å². The van der Waals surface area contributed by atoms with Crippen LogP contribution in [0.15, 0.2) is 79.0 Å². The highest BCUT2D eigenvalue weighted by molar-refractivity contribution is 5.86. The third-order valence-corrected chi connectivity index (χ3v) is 6.08. The van der Waals surface area contributed by atoms with Crippen molar-refractivity contribution in [3.8, 4) is 5.75 Å². The first-order chi connectivity index (χ1) is 16.4. The van der Waals surface area contributed by atoms with Crippen LogP contribution in [0.4, 0.5) is 4.39 Å². The molecule has 0 spiro atoms. The van der Waals surface area contributed by atoms with Crippen molar-refractivity contribution in [2.75, 3.05) is 13.7 Å². The van der Waals surface area contributed by atoms with Gasteiger partial charge in [0.25, 0.3) is 0 Å². The van der Waals surface area contributed by atoms with Crippen LogP contribution < -0.4 is 10.1 Å². The van der Waals surface area contributed by atoms with E-state index in [0.29, 0.717) is 25.4 Å². The van der Waals surface area contributed by atoms with Gasteiger partial charge in [-0.05, 0) is 52.9 Å². The largest absolute Gasteiger partial charge is 0.497 e. The molecule has 0 unspecified atom stereocenters. The zero-order chi connectivity index (χ0) is 24.1. The molecule has 0 aliphatic heterocycles. The number of rotatable bonds is 9. The predicted octanol–water partition coefficient (Wildman–Crippen LogP) is 6.13. The van der Waals surface area contributed by atoms with Gasteiger partial charge in [-0.2, -0.15) is 0 Å². The van der Waals surface area contributed by atoms with Crippen LogP contribution in [0.5, 0.6) is 5.75 Å². The summed E-state index contributed by atoms with van der Waals surface area (Å²) in [6.45, 7) is 5.45. The summed E-state index contributed by atoms with van der Waals surface area (Å²) >= 11 is 0. The maximum Gasteiger partial charge on any atom is 0.220 e. The first kappa shape index (κ1) is 23.6. The molecule has 0 saturated carbocycles. The smallest absolute Gasteiger partial charge is 0.220 e. The molecule has 1 amide bonds. The third-order valence-electron chi connectivity index (χ3n) is 6.08. The number of benzene rings is 3. The standard InChI is InChI=1S/C29H31FN2O2/c1-20(2)17-31-29(33)16-26(22-10-14-24(34-3)15-11-22)27-19-32(28-7-5-4-6-25(27)28)18-21-8-12-23(30)13-9-21/h4-15,19-20,26H,16-18H2,1-3H3,(H,31,33)/t26-/m0/s1. The van der Waals surface area contributed by atoms with Gasteiger partial charge < -0.3 is 14.6 Å². The van der Waals surface area contributed by atoms with Crippen LogP contribution in [0.2, 0.25) is 0 Å². The molecule has 0 bridgehead atoms. The molecule has 0 radical (unpaired) electrons. The minimum absolute atomic E-state index is 0.0323. The van der Waals surface area contributed by atoms with E-state index < -0.39 is 0 Å². The second-order valence-electron chi connectivity index (χ2n) is 9.08. The van der Waals surface area contributed by atoms with Gasteiger partial charge in [-0.3, -0.25) is 4.79 Å². The lowest BCUT2D eigenvalue weighted by molar-refractivity contribution is -0.121. The minimum atomic E-state index is -0.242. The molecule has 1 aromatic heterocycles. The van der Waals surface area contributed by atoms with E-state index in [-0.39, 0.29) is 17.6 Å². The van der Waals surface area contributed by atoms with Crippen LogP contribution in [-0.4, -0.2) is 24.1 Å². The van der Waals surface area contributed by atoms with E-state index in [9.17, 15) is 9.18 Å². The number of methoxy groups -OCH3 is 1. The monoisotopic (exact) mass is 458 g/mol. The Morgan fingerprint density at radius 1 is 1.00 bits per heavy atom. The molecule has 5 heteroatoms. The van der Waals surface area contributed by atoms with E-state index in [4.69, 9.17) is 4.74 Å². The number of ether oxygens (including phenoxy) is 1. The van der Waals surface area contributed by atoms with Crippen molar-refractivity contribution >= 4 is 16.8 Å². The van der Waals surface area contributed by atoms with Gasteiger partial charge in [-0.25, -0.2) is 4.39 Å². The summed E-state index contributed by atoms with van der Waals surface area (Å²) in [7, 11) is 1.65. The minimum Gasteiger partial charge on any atom is -0.497 e. The lowest BCUT2D eigenvalue weighted by Crippen LogP contribution is -2.28. The number of hydrogen-bond acceptors (Lipinski definition) is 2. The molecule has 1 N–H and O–H groups in total. The maximum absolute atomic E-state index is 13.4. The Labute approximate surface area is 200 Å². The molecule has 0 fully saturated rings. The molecule has 0 aliphatic carbocycles. The first-order valence-electron chi connectivity index (χ1n) is 11.7. The van der Waals surface area contributed by atoms with Crippen LogP contribution in [0.1, 0.15) is 42.9 Å². The summed E-state index contributed by atoms with van der Waals surface area (Å²) in [6, 6.07) is 22.8. The third kappa shape index (κ3) is 5.48. The van der Waals surface area contributed by atoms with Gasteiger partial charge >= 0.3 is 0 Å². The number of halogens is 1. The Morgan fingerprint density at radius 2 is 1.71 bits per heavy atom. The normalized spacial score (nSPS) is 12.1. The number of nitrogens with one attached hydrogen (secondary N) is 1. The summed E-state index contributed by atoms with van der Waals surface area (Å²) in [6.07, 6.45) is 2.49. The lowest BCUT2D eigenvalue weighted by atomic mass is 9.88. The van der Waals surface area contributed by atoms with Crippen molar-refractivity contribution in [2.45, 2.75) is 32.7 Å². The number of hydrogen-bond donors (Lipinski definition) is 1. The SMILES string of the molecule is COc1ccc([C@H](CC(=O)NCC(C)C)c2cn(Cc3ccc(F)cc3)c3ccccc23)cc1. The summed E-state index contributed by atoms with van der Waals surface area (Å²) in [5.74, 6) is 0.850. The lowest BCUT2D eigenvalue weighted by Gasteiger charge is -2.18. The molecule has 3 aromatic carbocycles. The highest BCUT2D eigenvalue weighted by atomic mass is 19.1. The van der Waals surface area contributed by atoms with Crippen molar-refractivity contribution in [1.82, 2.24) is 9.88 Å². The Kier molecular flexibility index (Phi) is 7.31. The van der Waals surface area contributed by atoms with Gasteiger partial charge in [0.15, 0.2) is 0 Å². The number of aromatic nitrogens is 1. The van der Waals surface area contributed by atoms with Gasteiger partial charge in [0.1, 0.15) is 11.6 Å². The van der Waals surface area contributed by atoms with Gasteiger partial charge in [0.2, 0.25) is 5.91 Å². The highest BCUT2D eigenvalue weighted by Crippen LogP contribution is 2.35. The molecular weight excluding hydrogens is 427 g/mol. The van der Waals surface area contributed by atoms with Gasteiger partial charge in [-0.15, -0.1) is 0 Å². The van der Waals surface area contributed by atoms with Crippen molar-refractivity contribution < 1.29 is 13.9 Å². The number of nitrogens with zero attached hydrogens (tertiary/aromatic N) is 1. The summed E-state index contributed by atoms with van der Waals surface area (Å²) in [4.78, 5) is 12.9. The first-order valence-corrected chi connectivity index (χ1v) is 11.7. The summed E-state index contributed by atoms with van der Waals surface area (Å²) in [5, 5.41) is 4.18. The van der Waals surface area contributed by atoms with Crippen LogP contribution in [0.3, 0.4) is 0 Å². The van der Waals surface area contributed by atoms with Crippen molar-refractivity contribution in [2.24, 2.45) is 5.92 Å². The molecular formula is C29H31FN2O2. The van der Waals surface area contributed by atoms with Gasteiger partial charge in [0, 0.05) is 42.5 Å². The average Bonchev–Trinajstić information content (AvgIpc) is 3.21. The van der Waals surface area contributed by atoms with E-state index in [1.807, 2.05) is 48.5 Å². The van der Waals surface area contributed by atoms with E-state index in [1.165, 1.54) is 12.1 Å². The molecule has 0 saturated heterocycles. The summed E-state index contributed by atoms with van der Waals surface area (Å²) in [5.41, 5.74) is 4.26. The van der Waals surface area contributed by atoms with Crippen LogP contribution >= 0.6 is 0 Å². The fourth-order valence-corrected chi connectivity index (χ4v) is 4.29. The van der Waals surface area contributed by atoms with Crippen molar-refractivity contribution in [1.29, 1.82) is 0 Å². The van der Waals surface area contributed by atoms with E-state index in [0.717, 1.165) is 33.3 Å². The van der Waals surface area contributed by atoms with E-state index >= 15 is 0 Å². The molecule has 1 heterocycles. The number of carbonyl (C=O) groups is 1. The molecule has 176 valence electrons. The summed E-state index contributed by atoms with van der Waals surface area (Å²) < 4.78 is 20.9. The van der Waals surface area contributed by atoms with Crippen LogP contribution in [0, 0.1) is 11.7 Å². The zero-order valence-electron chi connectivity index (χ0n) is 19.9. The Balaban J connectivity index is 1.74. The quantitative estimate of drug-likeness (QED) is 0.328. The molecule has 4 rings (SSSR count). The fourth-order valence-electron chi connectivity index (χ4n) is 4.29.